The number of halogens is 1. The third kappa shape index (κ3) is 6.28. The number of amides is 3. The van der Waals surface area contributed by atoms with Crippen molar-refractivity contribution in [2.45, 2.75) is 12.3 Å². The van der Waals surface area contributed by atoms with Gasteiger partial charge in [0.2, 0.25) is 5.91 Å². The summed E-state index contributed by atoms with van der Waals surface area (Å²) in [5, 5.41) is 4.26. The molecule has 9 heteroatoms. The molecule has 0 radical (unpaired) electrons. The van der Waals surface area contributed by atoms with E-state index in [1.165, 1.54) is 0 Å². The maximum Gasteiger partial charge on any atom is 0.311 e. The molecule has 1 atom stereocenters. The Morgan fingerprint density at radius 3 is 2.08 bits per heavy atom. The van der Waals surface area contributed by atoms with Crippen LogP contribution in [0.1, 0.15) is 23.5 Å². The highest BCUT2D eigenvalue weighted by atomic mass is 35.5. The van der Waals surface area contributed by atoms with Gasteiger partial charge in [0.15, 0.2) is 6.61 Å². The number of anilines is 1. The fourth-order valence-electron chi connectivity index (χ4n) is 3.94. The van der Waals surface area contributed by atoms with Crippen molar-refractivity contribution in [1.29, 1.82) is 0 Å². The predicted molar refractivity (Wildman–Crippen MR) is 134 cm³/mol. The van der Waals surface area contributed by atoms with Crippen LogP contribution in [-0.4, -0.2) is 41.9 Å². The molecule has 2 N–H and O–H groups in total. The summed E-state index contributed by atoms with van der Waals surface area (Å²) in [6.07, 6.45) is -0.126. The van der Waals surface area contributed by atoms with Crippen molar-refractivity contribution in [3.63, 3.8) is 0 Å². The number of hydrogen-bond donors (Lipinski definition) is 2. The number of esters is 1. The monoisotopic (exact) mass is 505 g/mol. The van der Waals surface area contributed by atoms with Crippen LogP contribution in [0.25, 0.3) is 0 Å². The molecule has 0 spiro atoms. The first kappa shape index (κ1) is 24.9. The number of nitrogens with zero attached hydrogens (tertiary/aromatic N) is 1. The summed E-state index contributed by atoms with van der Waals surface area (Å²) in [5.74, 6) is -3.44. The van der Waals surface area contributed by atoms with Gasteiger partial charge in [-0.25, -0.2) is 0 Å². The average molecular weight is 506 g/mol. The second-order valence-electron chi connectivity index (χ2n) is 8.30. The van der Waals surface area contributed by atoms with Crippen LogP contribution < -0.4 is 10.7 Å². The number of carbonyl (C=O) groups excluding carboxylic acids is 4. The van der Waals surface area contributed by atoms with E-state index >= 15 is 0 Å². The minimum atomic E-state index is -0.798. The number of nitrogens with one attached hydrogen (secondary N) is 2. The third-order valence-corrected chi connectivity index (χ3v) is 5.96. The smallest absolute Gasteiger partial charge is 0.311 e. The topological polar surface area (TPSA) is 105 Å². The summed E-state index contributed by atoms with van der Waals surface area (Å²) >= 11 is 5.82. The molecule has 3 amide bonds. The van der Waals surface area contributed by atoms with Gasteiger partial charge in [0, 0.05) is 17.1 Å². The molecule has 1 aliphatic rings. The molecule has 3 aromatic rings. The Morgan fingerprint density at radius 1 is 0.917 bits per heavy atom. The van der Waals surface area contributed by atoms with Gasteiger partial charge >= 0.3 is 5.97 Å². The normalized spacial score (nSPS) is 15.0. The number of rotatable bonds is 8. The van der Waals surface area contributed by atoms with E-state index in [9.17, 15) is 19.2 Å². The molecule has 1 fully saturated rings. The molecule has 8 nitrogen and oxygen atoms in total. The Labute approximate surface area is 213 Å². The lowest BCUT2D eigenvalue weighted by atomic mass is 9.91. The van der Waals surface area contributed by atoms with Crippen LogP contribution in [0.3, 0.4) is 0 Å². The minimum Gasteiger partial charge on any atom is -0.455 e. The van der Waals surface area contributed by atoms with E-state index in [-0.39, 0.29) is 13.0 Å². The lowest BCUT2D eigenvalue weighted by Gasteiger charge is -2.23. The molecule has 4 rings (SSSR count). The first-order valence-corrected chi connectivity index (χ1v) is 11.7. The van der Waals surface area contributed by atoms with Crippen molar-refractivity contribution in [1.82, 2.24) is 10.4 Å². The van der Waals surface area contributed by atoms with Gasteiger partial charge in [-0.3, -0.25) is 29.6 Å². The predicted octanol–water partition coefficient (Wildman–Crippen LogP) is 3.53. The first-order valence-electron chi connectivity index (χ1n) is 11.3. The first-order chi connectivity index (χ1) is 17.4. The van der Waals surface area contributed by atoms with Crippen LogP contribution in [0.2, 0.25) is 5.02 Å². The highest BCUT2D eigenvalue weighted by Gasteiger charge is 2.37. The maximum absolute atomic E-state index is 13.2. The van der Waals surface area contributed by atoms with Crippen molar-refractivity contribution >= 4 is 41.0 Å². The van der Waals surface area contributed by atoms with Gasteiger partial charge in [-0.2, -0.15) is 0 Å². The lowest BCUT2D eigenvalue weighted by Crippen LogP contribution is -2.45. The average Bonchev–Trinajstić information content (AvgIpc) is 3.25. The number of ether oxygens (including phenoxy) is 1. The number of carbonyl (C=O) groups is 4. The molecule has 0 aliphatic carbocycles. The Bertz CT molecular complexity index is 1200. The van der Waals surface area contributed by atoms with Crippen LogP contribution in [0.15, 0.2) is 84.9 Å². The largest absolute Gasteiger partial charge is 0.455 e. The highest BCUT2D eigenvalue weighted by Crippen LogP contribution is 2.26. The molecule has 184 valence electrons. The molecule has 0 unspecified atom stereocenters. The molecule has 0 aromatic heterocycles. The van der Waals surface area contributed by atoms with Gasteiger partial charge < -0.3 is 10.1 Å². The zero-order valence-corrected chi connectivity index (χ0v) is 20.0. The summed E-state index contributed by atoms with van der Waals surface area (Å²) in [4.78, 5) is 50.4. The fourth-order valence-corrected chi connectivity index (χ4v) is 4.07. The number of hydrogen-bond acceptors (Lipinski definition) is 5. The second kappa shape index (κ2) is 11.5. The van der Waals surface area contributed by atoms with Crippen molar-refractivity contribution in [3.05, 3.63) is 101 Å². The van der Waals surface area contributed by atoms with Crippen molar-refractivity contribution < 1.29 is 23.9 Å². The zero-order valence-electron chi connectivity index (χ0n) is 19.2. The quantitative estimate of drug-likeness (QED) is 0.456. The van der Waals surface area contributed by atoms with Crippen molar-refractivity contribution in [2.75, 3.05) is 18.5 Å². The van der Waals surface area contributed by atoms with Crippen LogP contribution in [0, 0.1) is 5.92 Å². The van der Waals surface area contributed by atoms with Gasteiger partial charge in [-0.05, 0) is 35.4 Å². The summed E-state index contributed by atoms with van der Waals surface area (Å²) in [7, 11) is 0. The SMILES string of the molecule is O=C(COC(=O)[C@H]1CC(=O)N(NC(=O)C(c2ccccc2)c2ccccc2)C1)Nc1ccc(Cl)cc1. The van der Waals surface area contributed by atoms with Crippen LogP contribution in [-0.2, 0) is 23.9 Å². The van der Waals surface area contributed by atoms with Crippen LogP contribution in [0.5, 0.6) is 0 Å². The molecule has 1 saturated heterocycles. The van der Waals surface area contributed by atoms with Crippen LogP contribution >= 0.6 is 11.6 Å². The summed E-state index contributed by atoms with van der Waals surface area (Å²) in [6.45, 7) is -0.541. The zero-order chi connectivity index (χ0) is 25.5. The minimum absolute atomic E-state index is 0.0431. The van der Waals surface area contributed by atoms with E-state index < -0.39 is 42.1 Å². The van der Waals surface area contributed by atoms with E-state index in [2.05, 4.69) is 10.7 Å². The lowest BCUT2D eigenvalue weighted by molar-refractivity contribution is -0.151. The molecular formula is C27H24ClN3O5. The van der Waals surface area contributed by atoms with Gasteiger partial charge in [-0.1, -0.05) is 72.3 Å². The number of benzene rings is 3. The second-order valence-corrected chi connectivity index (χ2v) is 8.74. The van der Waals surface area contributed by atoms with E-state index in [0.717, 1.165) is 16.1 Å². The molecule has 0 saturated carbocycles. The molecule has 0 bridgehead atoms. The van der Waals surface area contributed by atoms with Gasteiger partial charge in [0.25, 0.3) is 11.8 Å². The van der Waals surface area contributed by atoms with Gasteiger partial charge in [-0.15, -0.1) is 0 Å². The van der Waals surface area contributed by atoms with Crippen LogP contribution in [0.4, 0.5) is 5.69 Å². The fraction of sp³-hybridized carbons (Fsp3) is 0.185. The Kier molecular flexibility index (Phi) is 7.97. The number of hydrazine groups is 1. The van der Waals surface area contributed by atoms with Gasteiger partial charge in [0.05, 0.1) is 18.4 Å². The van der Waals surface area contributed by atoms with E-state index in [0.29, 0.717) is 10.7 Å². The molecular weight excluding hydrogens is 482 g/mol. The van der Waals surface area contributed by atoms with E-state index in [1.54, 1.807) is 24.3 Å². The standard InChI is InChI=1S/C27H24ClN3O5/c28-21-11-13-22(14-12-21)29-23(32)17-36-27(35)20-15-24(33)31(16-20)30-26(34)25(18-7-3-1-4-8-18)19-9-5-2-6-10-19/h1-14,20,25H,15-17H2,(H,29,32)(H,30,34)/t20-/m0/s1. The summed E-state index contributed by atoms with van der Waals surface area (Å²) in [5.41, 5.74) is 4.72. The summed E-state index contributed by atoms with van der Waals surface area (Å²) < 4.78 is 5.10. The van der Waals surface area contributed by atoms with Gasteiger partial charge in [0.1, 0.15) is 0 Å². The maximum atomic E-state index is 13.2. The Balaban J connectivity index is 1.34. The Hall–Kier alpha value is -4.17. The van der Waals surface area contributed by atoms with E-state index in [4.69, 9.17) is 16.3 Å². The van der Waals surface area contributed by atoms with Crippen molar-refractivity contribution in [2.24, 2.45) is 5.92 Å². The highest BCUT2D eigenvalue weighted by molar-refractivity contribution is 6.30. The summed E-state index contributed by atoms with van der Waals surface area (Å²) in [6, 6.07) is 25.0. The third-order valence-electron chi connectivity index (χ3n) is 5.71. The molecule has 1 heterocycles. The molecule has 36 heavy (non-hydrogen) atoms. The molecule has 1 aliphatic heterocycles. The Morgan fingerprint density at radius 2 is 1.50 bits per heavy atom. The molecule has 3 aromatic carbocycles. The van der Waals surface area contributed by atoms with Crippen molar-refractivity contribution in [3.8, 4) is 0 Å². The van der Waals surface area contributed by atoms with E-state index in [1.807, 2.05) is 60.7 Å².